The Balaban J connectivity index is 1.45. The Morgan fingerprint density at radius 2 is 2.19 bits per heavy atom. The van der Waals surface area contributed by atoms with Crippen LogP contribution in [-0.2, 0) is 33.0 Å². The Hall–Kier alpha value is -2.93. The van der Waals surface area contributed by atoms with E-state index in [0.717, 1.165) is 42.1 Å². The van der Waals surface area contributed by atoms with Crippen molar-refractivity contribution in [2.24, 2.45) is 7.05 Å². The van der Waals surface area contributed by atoms with Crippen LogP contribution in [0.15, 0.2) is 41.1 Å². The molecule has 0 saturated carbocycles. The van der Waals surface area contributed by atoms with Crippen LogP contribution in [0.4, 0.5) is 5.82 Å². The van der Waals surface area contributed by atoms with Crippen LogP contribution >= 0.6 is 0 Å². The maximum Gasteiger partial charge on any atom is 0.256 e. The molecule has 0 aliphatic heterocycles. The lowest BCUT2D eigenvalue weighted by Crippen LogP contribution is -2.18. The van der Waals surface area contributed by atoms with Crippen LogP contribution in [0.1, 0.15) is 39.4 Å². The van der Waals surface area contributed by atoms with Gasteiger partial charge >= 0.3 is 0 Å². The van der Waals surface area contributed by atoms with E-state index >= 15 is 0 Å². The standard InChI is InChI=1S/C20H23N5O2/c1-24(13-16-9-10-21-27-16)12-14-5-3-6-15(11-14)20(26)22-19-17-7-4-8-18(17)23-25(19)2/h3,5-6,9-11H,4,7-8,12-13H2,1-2H3,(H,22,26). The first-order valence-electron chi connectivity index (χ1n) is 9.13. The highest BCUT2D eigenvalue weighted by atomic mass is 16.5. The summed E-state index contributed by atoms with van der Waals surface area (Å²) in [5, 5.41) is 11.3. The lowest BCUT2D eigenvalue weighted by molar-refractivity contribution is 0.102. The molecule has 1 aliphatic rings. The first-order chi connectivity index (χ1) is 13.1. The van der Waals surface area contributed by atoms with Crippen molar-refractivity contribution in [1.82, 2.24) is 19.8 Å². The zero-order valence-electron chi connectivity index (χ0n) is 15.6. The molecule has 0 saturated heterocycles. The van der Waals surface area contributed by atoms with Crippen LogP contribution in [0, 0.1) is 0 Å². The lowest BCUT2D eigenvalue weighted by Gasteiger charge is -2.15. The van der Waals surface area contributed by atoms with E-state index in [-0.39, 0.29) is 5.91 Å². The first-order valence-corrected chi connectivity index (χ1v) is 9.13. The highest BCUT2D eigenvalue weighted by Gasteiger charge is 2.22. The molecule has 0 spiro atoms. The lowest BCUT2D eigenvalue weighted by atomic mass is 10.1. The number of nitrogens with zero attached hydrogens (tertiary/aromatic N) is 4. The van der Waals surface area contributed by atoms with Gasteiger partial charge in [-0.05, 0) is 44.0 Å². The van der Waals surface area contributed by atoms with E-state index < -0.39 is 0 Å². The van der Waals surface area contributed by atoms with Crippen LogP contribution in [0.5, 0.6) is 0 Å². The average molecular weight is 365 g/mol. The van der Waals surface area contributed by atoms with Crippen LogP contribution in [0.25, 0.3) is 0 Å². The van der Waals surface area contributed by atoms with E-state index in [9.17, 15) is 4.79 Å². The molecule has 2 heterocycles. The van der Waals surface area contributed by atoms with E-state index in [4.69, 9.17) is 4.52 Å². The van der Waals surface area contributed by atoms with E-state index in [1.54, 1.807) is 10.9 Å². The fraction of sp³-hybridized carbons (Fsp3) is 0.350. The second-order valence-electron chi connectivity index (χ2n) is 7.06. The Morgan fingerprint density at radius 3 is 3.00 bits per heavy atom. The average Bonchev–Trinajstić information content (AvgIpc) is 3.36. The molecule has 140 valence electrons. The van der Waals surface area contributed by atoms with Crippen LogP contribution in [0.3, 0.4) is 0 Å². The number of hydrogen-bond donors (Lipinski definition) is 1. The SMILES string of the molecule is CN(Cc1cccc(C(=O)Nc2c3c(nn2C)CCC3)c1)Cc1ccno1. The predicted octanol–water partition coefficient (Wildman–Crippen LogP) is 2.78. The summed E-state index contributed by atoms with van der Waals surface area (Å²) in [6.45, 7) is 1.38. The topological polar surface area (TPSA) is 76.2 Å². The van der Waals surface area contributed by atoms with Gasteiger partial charge in [0.05, 0.1) is 18.4 Å². The number of rotatable bonds is 6. The molecular formula is C20H23N5O2. The van der Waals surface area contributed by atoms with Gasteiger partial charge in [0.1, 0.15) is 5.82 Å². The molecule has 1 N–H and O–H groups in total. The van der Waals surface area contributed by atoms with Crippen molar-refractivity contribution >= 4 is 11.7 Å². The van der Waals surface area contributed by atoms with Gasteiger partial charge in [-0.25, -0.2) is 0 Å². The maximum atomic E-state index is 12.8. The number of hydrogen-bond acceptors (Lipinski definition) is 5. The highest BCUT2D eigenvalue weighted by Crippen LogP contribution is 2.28. The summed E-state index contributed by atoms with van der Waals surface area (Å²) in [5.41, 5.74) is 4.00. The van der Waals surface area contributed by atoms with Gasteiger partial charge in [-0.3, -0.25) is 14.4 Å². The smallest absolute Gasteiger partial charge is 0.256 e. The Kier molecular flexibility index (Phi) is 4.77. The number of fused-ring (bicyclic) bond motifs is 1. The number of nitrogens with one attached hydrogen (secondary N) is 1. The quantitative estimate of drug-likeness (QED) is 0.727. The van der Waals surface area contributed by atoms with Crippen molar-refractivity contribution < 1.29 is 9.32 Å². The number of amides is 1. The number of aromatic nitrogens is 3. The molecular weight excluding hydrogens is 342 g/mol. The predicted molar refractivity (Wildman–Crippen MR) is 101 cm³/mol. The van der Waals surface area contributed by atoms with Gasteiger partial charge in [0.25, 0.3) is 5.91 Å². The molecule has 1 aliphatic carbocycles. The molecule has 0 bridgehead atoms. The van der Waals surface area contributed by atoms with Gasteiger partial charge in [0.2, 0.25) is 0 Å². The molecule has 0 fully saturated rings. The Morgan fingerprint density at radius 1 is 1.30 bits per heavy atom. The van der Waals surface area contributed by atoms with Gasteiger partial charge in [-0.2, -0.15) is 5.10 Å². The molecule has 0 unspecified atom stereocenters. The van der Waals surface area contributed by atoms with Gasteiger partial charge in [0, 0.05) is 30.8 Å². The summed E-state index contributed by atoms with van der Waals surface area (Å²) >= 11 is 0. The molecule has 1 aromatic carbocycles. The number of anilines is 1. The zero-order valence-corrected chi connectivity index (χ0v) is 15.6. The third kappa shape index (κ3) is 3.78. The summed E-state index contributed by atoms with van der Waals surface area (Å²) in [6.07, 6.45) is 4.72. The van der Waals surface area contributed by atoms with Crippen molar-refractivity contribution in [1.29, 1.82) is 0 Å². The molecule has 1 amide bonds. The number of carbonyl (C=O) groups excluding carboxylic acids is 1. The Labute approximate surface area is 158 Å². The molecule has 2 aromatic heterocycles. The van der Waals surface area contributed by atoms with Crippen molar-refractivity contribution in [2.45, 2.75) is 32.4 Å². The second kappa shape index (κ2) is 7.36. The van der Waals surface area contributed by atoms with Crippen molar-refractivity contribution in [2.75, 3.05) is 12.4 Å². The van der Waals surface area contributed by atoms with E-state index in [0.29, 0.717) is 18.7 Å². The minimum Gasteiger partial charge on any atom is -0.360 e. The highest BCUT2D eigenvalue weighted by molar-refractivity contribution is 6.04. The monoisotopic (exact) mass is 365 g/mol. The summed E-state index contributed by atoms with van der Waals surface area (Å²) < 4.78 is 6.92. The van der Waals surface area contributed by atoms with Gasteiger partial charge < -0.3 is 9.84 Å². The van der Waals surface area contributed by atoms with E-state index in [1.165, 1.54) is 5.56 Å². The van der Waals surface area contributed by atoms with Gasteiger partial charge in [-0.15, -0.1) is 0 Å². The normalized spacial score (nSPS) is 13.1. The molecule has 3 aromatic rings. The minimum atomic E-state index is -0.104. The van der Waals surface area contributed by atoms with Crippen LogP contribution < -0.4 is 5.32 Å². The number of carbonyl (C=O) groups is 1. The summed E-state index contributed by atoms with van der Waals surface area (Å²) in [5.74, 6) is 1.53. The Bertz CT molecular complexity index is 945. The summed E-state index contributed by atoms with van der Waals surface area (Å²) in [7, 11) is 3.89. The minimum absolute atomic E-state index is 0.104. The summed E-state index contributed by atoms with van der Waals surface area (Å²) in [4.78, 5) is 14.9. The van der Waals surface area contributed by atoms with Crippen molar-refractivity contribution in [3.05, 3.63) is 64.7 Å². The van der Waals surface area contributed by atoms with Crippen LogP contribution in [-0.4, -0.2) is 32.8 Å². The molecule has 7 heteroatoms. The van der Waals surface area contributed by atoms with Gasteiger partial charge in [0.15, 0.2) is 5.76 Å². The molecule has 4 rings (SSSR count). The summed E-state index contributed by atoms with van der Waals surface area (Å²) in [6, 6.07) is 9.57. The van der Waals surface area contributed by atoms with E-state index in [2.05, 4.69) is 20.5 Å². The fourth-order valence-electron chi connectivity index (χ4n) is 3.62. The zero-order chi connectivity index (χ0) is 18.8. The second-order valence-corrected chi connectivity index (χ2v) is 7.06. The molecule has 27 heavy (non-hydrogen) atoms. The first kappa shape index (κ1) is 17.5. The molecule has 0 atom stereocenters. The number of aryl methyl sites for hydroxylation is 2. The fourth-order valence-corrected chi connectivity index (χ4v) is 3.62. The largest absolute Gasteiger partial charge is 0.360 e. The third-order valence-electron chi connectivity index (χ3n) is 4.86. The van der Waals surface area contributed by atoms with Gasteiger partial charge in [-0.1, -0.05) is 17.3 Å². The van der Waals surface area contributed by atoms with Crippen molar-refractivity contribution in [3.8, 4) is 0 Å². The van der Waals surface area contributed by atoms with E-state index in [1.807, 2.05) is 44.4 Å². The molecule has 0 radical (unpaired) electrons. The van der Waals surface area contributed by atoms with Crippen molar-refractivity contribution in [3.63, 3.8) is 0 Å². The third-order valence-corrected chi connectivity index (χ3v) is 4.86. The maximum absolute atomic E-state index is 12.8. The number of benzene rings is 1. The van der Waals surface area contributed by atoms with Crippen LogP contribution in [0.2, 0.25) is 0 Å². The molecule has 7 nitrogen and oxygen atoms in total.